The second-order valence-corrected chi connectivity index (χ2v) is 7.91. The second kappa shape index (κ2) is 12.2. The molecule has 0 unspecified atom stereocenters. The lowest BCUT2D eigenvalue weighted by molar-refractivity contribution is 0.172. The van der Waals surface area contributed by atoms with Crippen LogP contribution in [0.15, 0.2) is 4.79 Å². The Kier molecular flexibility index (Phi) is 9.90. The summed E-state index contributed by atoms with van der Waals surface area (Å²) in [5, 5.41) is 10.4. The van der Waals surface area contributed by atoms with Crippen LogP contribution >= 0.6 is 0 Å². The van der Waals surface area contributed by atoms with Gasteiger partial charge in [0.05, 0.1) is 12.4 Å². The molecule has 0 aliphatic carbocycles. The average molecular weight is 366 g/mol. The van der Waals surface area contributed by atoms with Crippen molar-refractivity contribution in [3.05, 3.63) is 16.2 Å². The van der Waals surface area contributed by atoms with E-state index in [1.54, 1.807) is 0 Å². The monoisotopic (exact) mass is 365 g/mol. The number of H-pyrrole nitrogens is 1. The van der Waals surface area contributed by atoms with E-state index in [1.807, 2.05) is 0 Å². The van der Waals surface area contributed by atoms with Gasteiger partial charge in [0.2, 0.25) is 5.88 Å². The van der Waals surface area contributed by atoms with Crippen molar-refractivity contribution in [2.24, 2.45) is 0 Å². The molecular weight excluding hydrogens is 326 g/mol. The van der Waals surface area contributed by atoms with Gasteiger partial charge in [-0.25, -0.2) is 9.36 Å². The molecule has 1 saturated heterocycles. The second-order valence-electron chi connectivity index (χ2n) is 7.91. The van der Waals surface area contributed by atoms with Gasteiger partial charge in [-0.2, -0.15) is 0 Å². The minimum absolute atomic E-state index is 0.150. The highest BCUT2D eigenvalue weighted by atomic mass is 16.3. The summed E-state index contributed by atoms with van der Waals surface area (Å²) < 4.78 is 1.50. The number of aromatic nitrogens is 2. The van der Waals surface area contributed by atoms with Crippen LogP contribution < -0.4 is 5.69 Å². The van der Waals surface area contributed by atoms with Crippen LogP contribution in [0, 0.1) is 0 Å². The highest BCUT2D eigenvalue weighted by molar-refractivity contribution is 5.18. The summed E-state index contributed by atoms with van der Waals surface area (Å²) in [6.45, 7) is 4.81. The summed E-state index contributed by atoms with van der Waals surface area (Å²) in [7, 11) is 0. The zero-order valence-electron chi connectivity index (χ0n) is 16.8. The van der Waals surface area contributed by atoms with E-state index in [-0.39, 0.29) is 11.6 Å². The molecular formula is C21H39N3O2. The van der Waals surface area contributed by atoms with Crippen LogP contribution in [0.1, 0.15) is 96.1 Å². The van der Waals surface area contributed by atoms with Gasteiger partial charge in [-0.15, -0.1) is 0 Å². The zero-order chi connectivity index (χ0) is 18.6. The molecule has 0 amide bonds. The maximum atomic E-state index is 12.1. The number of likely N-dealkylation sites (tertiary alicyclic amines) is 1. The van der Waals surface area contributed by atoms with Gasteiger partial charge in [-0.3, -0.25) is 4.90 Å². The molecule has 150 valence electrons. The summed E-state index contributed by atoms with van der Waals surface area (Å²) in [6.07, 6.45) is 17.4. The minimum Gasteiger partial charge on any atom is -0.493 e. The zero-order valence-corrected chi connectivity index (χ0v) is 16.8. The van der Waals surface area contributed by atoms with Gasteiger partial charge >= 0.3 is 5.69 Å². The number of nitrogens with one attached hydrogen (secondary N) is 1. The maximum absolute atomic E-state index is 12.1. The fourth-order valence-corrected chi connectivity index (χ4v) is 3.91. The Hall–Kier alpha value is -1.23. The van der Waals surface area contributed by atoms with Gasteiger partial charge in [0, 0.05) is 0 Å². The first kappa shape index (κ1) is 21.1. The average Bonchev–Trinajstić information content (AvgIpc) is 2.92. The van der Waals surface area contributed by atoms with Gasteiger partial charge < -0.3 is 10.1 Å². The van der Waals surface area contributed by atoms with Crippen LogP contribution in [0.3, 0.4) is 0 Å². The molecule has 2 N–H and O–H groups in total. The van der Waals surface area contributed by atoms with E-state index < -0.39 is 0 Å². The first-order chi connectivity index (χ1) is 12.7. The number of piperidine rings is 1. The molecule has 0 bridgehead atoms. The summed E-state index contributed by atoms with van der Waals surface area (Å²) in [6, 6.07) is 0. The van der Waals surface area contributed by atoms with Crippen LogP contribution in [0.4, 0.5) is 0 Å². The van der Waals surface area contributed by atoms with Crippen molar-refractivity contribution in [3.63, 3.8) is 0 Å². The SMILES string of the molecule is CCCCCCCCCCCCc1[nH]c(=O)n(CN2CCCCC2)c1O. The fraction of sp³-hybridized carbons (Fsp3) is 0.857. The van der Waals surface area contributed by atoms with Gasteiger partial charge in [0.1, 0.15) is 0 Å². The van der Waals surface area contributed by atoms with Crippen LogP contribution in [0.5, 0.6) is 5.88 Å². The Bertz CT molecular complexity index is 544. The van der Waals surface area contributed by atoms with E-state index in [1.165, 1.54) is 81.6 Å². The van der Waals surface area contributed by atoms with E-state index in [2.05, 4.69) is 16.8 Å². The van der Waals surface area contributed by atoms with Gasteiger partial charge in [-0.1, -0.05) is 71.1 Å². The molecule has 0 atom stereocenters. The van der Waals surface area contributed by atoms with Crippen molar-refractivity contribution in [1.82, 2.24) is 14.5 Å². The highest BCUT2D eigenvalue weighted by Crippen LogP contribution is 2.18. The lowest BCUT2D eigenvalue weighted by Crippen LogP contribution is -2.34. The number of unbranched alkanes of at least 4 members (excludes halogenated alkanes) is 9. The van der Waals surface area contributed by atoms with E-state index in [4.69, 9.17) is 0 Å². The van der Waals surface area contributed by atoms with Crippen molar-refractivity contribution >= 4 is 0 Å². The summed E-state index contributed by atoms with van der Waals surface area (Å²) in [5.74, 6) is 0.150. The minimum atomic E-state index is -0.171. The predicted molar refractivity (Wildman–Crippen MR) is 108 cm³/mol. The van der Waals surface area contributed by atoms with Gasteiger partial charge in [-0.05, 0) is 38.8 Å². The molecule has 2 heterocycles. The summed E-state index contributed by atoms with van der Waals surface area (Å²) >= 11 is 0. The molecule has 26 heavy (non-hydrogen) atoms. The normalized spacial score (nSPS) is 15.6. The topological polar surface area (TPSA) is 61.3 Å². The summed E-state index contributed by atoms with van der Waals surface area (Å²) in [5.41, 5.74) is 0.543. The van der Waals surface area contributed by atoms with Gasteiger partial charge in [0.25, 0.3) is 0 Å². The van der Waals surface area contributed by atoms with Crippen molar-refractivity contribution in [2.75, 3.05) is 13.1 Å². The molecule has 1 aliphatic rings. The molecule has 2 rings (SSSR count). The highest BCUT2D eigenvalue weighted by Gasteiger charge is 2.17. The quantitative estimate of drug-likeness (QED) is 0.494. The molecule has 1 aliphatic heterocycles. The third kappa shape index (κ3) is 7.18. The van der Waals surface area contributed by atoms with E-state index >= 15 is 0 Å². The largest absolute Gasteiger partial charge is 0.493 e. The number of aromatic amines is 1. The first-order valence-electron chi connectivity index (χ1n) is 11.0. The molecule has 1 aromatic heterocycles. The Balaban J connectivity index is 1.62. The first-order valence-corrected chi connectivity index (χ1v) is 11.0. The number of rotatable bonds is 13. The number of hydrogen-bond donors (Lipinski definition) is 2. The van der Waals surface area contributed by atoms with Crippen LogP contribution in [0.25, 0.3) is 0 Å². The van der Waals surface area contributed by atoms with E-state index in [9.17, 15) is 9.90 Å². The predicted octanol–water partition coefficient (Wildman–Crippen LogP) is 4.79. The molecule has 5 heteroatoms. The Morgan fingerprint density at radius 1 is 0.885 bits per heavy atom. The lowest BCUT2D eigenvalue weighted by Gasteiger charge is -2.26. The summed E-state index contributed by atoms with van der Waals surface area (Å²) in [4.78, 5) is 17.3. The molecule has 5 nitrogen and oxygen atoms in total. The third-order valence-electron chi connectivity index (χ3n) is 5.60. The van der Waals surface area contributed by atoms with Crippen LogP contribution in [-0.4, -0.2) is 32.6 Å². The Labute approximate surface area is 158 Å². The standard InChI is InChI=1S/C21H39N3O2/c1-2-3-4-5-6-7-8-9-10-12-15-19-20(25)24(21(26)22-19)18-23-16-13-11-14-17-23/h25H,2-18H2,1H3,(H,22,26). The number of hydrogen-bond acceptors (Lipinski definition) is 3. The van der Waals surface area contributed by atoms with E-state index in [0.717, 1.165) is 25.9 Å². The van der Waals surface area contributed by atoms with Crippen LogP contribution in [-0.2, 0) is 13.1 Å². The number of aromatic hydroxyl groups is 1. The molecule has 0 aromatic carbocycles. The Morgan fingerprint density at radius 2 is 1.46 bits per heavy atom. The molecule has 1 aromatic rings. The maximum Gasteiger partial charge on any atom is 0.329 e. The third-order valence-corrected chi connectivity index (χ3v) is 5.60. The van der Waals surface area contributed by atoms with Crippen molar-refractivity contribution < 1.29 is 5.11 Å². The van der Waals surface area contributed by atoms with Crippen molar-refractivity contribution in [2.45, 2.75) is 103 Å². The number of imidazole rings is 1. The smallest absolute Gasteiger partial charge is 0.329 e. The van der Waals surface area contributed by atoms with Crippen molar-refractivity contribution in [3.8, 4) is 5.88 Å². The molecule has 0 saturated carbocycles. The van der Waals surface area contributed by atoms with Crippen molar-refractivity contribution in [1.29, 1.82) is 0 Å². The van der Waals surface area contributed by atoms with E-state index in [0.29, 0.717) is 12.4 Å². The number of nitrogens with zero attached hydrogens (tertiary/aromatic N) is 2. The van der Waals surface area contributed by atoms with Gasteiger partial charge in [0.15, 0.2) is 0 Å². The Morgan fingerprint density at radius 3 is 2.08 bits per heavy atom. The lowest BCUT2D eigenvalue weighted by atomic mass is 10.1. The molecule has 1 fully saturated rings. The molecule has 0 radical (unpaired) electrons. The molecule has 0 spiro atoms. The van der Waals surface area contributed by atoms with Crippen LogP contribution in [0.2, 0.25) is 0 Å². The number of aryl methyl sites for hydroxylation is 1. The fourth-order valence-electron chi connectivity index (χ4n) is 3.91.